The predicted octanol–water partition coefficient (Wildman–Crippen LogP) is 1.59. The molecular formula is C11H18N4S. The summed E-state index contributed by atoms with van der Waals surface area (Å²) in [5.74, 6) is 2.36. The summed E-state index contributed by atoms with van der Waals surface area (Å²) in [6.07, 6.45) is 3.74. The first-order valence-corrected chi connectivity index (χ1v) is 6.85. The van der Waals surface area contributed by atoms with E-state index in [2.05, 4.69) is 21.2 Å². The summed E-state index contributed by atoms with van der Waals surface area (Å²) < 4.78 is 4.45. The van der Waals surface area contributed by atoms with Crippen molar-refractivity contribution < 1.29 is 0 Å². The van der Waals surface area contributed by atoms with Gasteiger partial charge in [0, 0.05) is 36.6 Å². The Balaban J connectivity index is 1.68. The zero-order valence-electron chi connectivity index (χ0n) is 9.59. The van der Waals surface area contributed by atoms with Crippen LogP contribution in [-0.4, -0.2) is 28.5 Å². The molecule has 0 aromatic carbocycles. The van der Waals surface area contributed by atoms with Crippen molar-refractivity contribution in [2.24, 2.45) is 11.7 Å². The molecule has 16 heavy (non-hydrogen) atoms. The second-order valence-electron chi connectivity index (χ2n) is 5.06. The maximum absolute atomic E-state index is 5.94. The molecule has 1 saturated heterocycles. The fourth-order valence-electron chi connectivity index (χ4n) is 2.25. The monoisotopic (exact) mass is 238 g/mol. The Labute approximate surface area is 100 Å². The van der Waals surface area contributed by atoms with Crippen molar-refractivity contribution in [2.75, 3.05) is 18.0 Å². The lowest BCUT2D eigenvalue weighted by Crippen LogP contribution is -2.29. The maximum Gasteiger partial charge on any atom is 0.205 e. The van der Waals surface area contributed by atoms with Crippen LogP contribution in [0.15, 0.2) is 0 Å². The van der Waals surface area contributed by atoms with Crippen LogP contribution in [0.25, 0.3) is 0 Å². The number of aromatic nitrogens is 2. The molecule has 1 aromatic rings. The van der Waals surface area contributed by atoms with Gasteiger partial charge in [-0.1, -0.05) is 0 Å². The standard InChI is InChI=1S/C11H18N4S/c1-7(12)9-4-5-15(6-9)11-13-10(14-16-11)8-2-3-8/h7-9H,2-6,12H2,1H3. The molecule has 2 atom stereocenters. The Morgan fingerprint density at radius 3 is 2.88 bits per heavy atom. The maximum atomic E-state index is 5.94. The Kier molecular flexibility index (Phi) is 2.59. The fourth-order valence-corrected chi connectivity index (χ4v) is 3.03. The smallest absolute Gasteiger partial charge is 0.205 e. The van der Waals surface area contributed by atoms with E-state index in [0.29, 0.717) is 17.9 Å². The molecule has 0 amide bonds. The molecular weight excluding hydrogens is 220 g/mol. The summed E-state index contributed by atoms with van der Waals surface area (Å²) in [7, 11) is 0. The minimum atomic E-state index is 0.292. The van der Waals surface area contributed by atoms with Crippen LogP contribution in [0.2, 0.25) is 0 Å². The van der Waals surface area contributed by atoms with Gasteiger partial charge in [-0.05, 0) is 32.1 Å². The van der Waals surface area contributed by atoms with Crippen LogP contribution < -0.4 is 10.6 Å². The minimum Gasteiger partial charge on any atom is -0.347 e. The Hall–Kier alpha value is -0.680. The van der Waals surface area contributed by atoms with E-state index >= 15 is 0 Å². The molecule has 0 spiro atoms. The first-order valence-electron chi connectivity index (χ1n) is 6.08. The topological polar surface area (TPSA) is 55.0 Å². The number of hydrogen-bond donors (Lipinski definition) is 1. The van der Waals surface area contributed by atoms with Gasteiger partial charge in [0.2, 0.25) is 5.13 Å². The van der Waals surface area contributed by atoms with Gasteiger partial charge < -0.3 is 10.6 Å². The Bertz CT molecular complexity index is 372. The summed E-state index contributed by atoms with van der Waals surface area (Å²) in [5.41, 5.74) is 5.94. The average molecular weight is 238 g/mol. The molecule has 1 aliphatic carbocycles. The van der Waals surface area contributed by atoms with Crippen LogP contribution in [0, 0.1) is 5.92 Å². The zero-order valence-corrected chi connectivity index (χ0v) is 10.4. The number of nitrogens with zero attached hydrogens (tertiary/aromatic N) is 3. The molecule has 4 nitrogen and oxygen atoms in total. The van der Waals surface area contributed by atoms with Gasteiger partial charge in [-0.2, -0.15) is 4.37 Å². The molecule has 2 aliphatic rings. The summed E-state index contributed by atoms with van der Waals surface area (Å²) in [6, 6.07) is 0.292. The highest BCUT2D eigenvalue weighted by Gasteiger charge is 2.31. The lowest BCUT2D eigenvalue weighted by atomic mass is 10.0. The van der Waals surface area contributed by atoms with Crippen molar-refractivity contribution in [3.63, 3.8) is 0 Å². The molecule has 2 N–H and O–H groups in total. The largest absolute Gasteiger partial charge is 0.347 e. The average Bonchev–Trinajstić information content (AvgIpc) is 2.83. The molecule has 1 saturated carbocycles. The van der Waals surface area contributed by atoms with Gasteiger partial charge in [-0.3, -0.25) is 0 Å². The van der Waals surface area contributed by atoms with Crippen molar-refractivity contribution in [3.05, 3.63) is 5.82 Å². The van der Waals surface area contributed by atoms with E-state index in [-0.39, 0.29) is 0 Å². The number of nitrogens with two attached hydrogens (primary N) is 1. The van der Waals surface area contributed by atoms with E-state index in [1.54, 1.807) is 11.5 Å². The van der Waals surface area contributed by atoms with E-state index in [1.807, 2.05) is 0 Å². The third-order valence-corrected chi connectivity index (χ3v) is 4.40. The summed E-state index contributed by atoms with van der Waals surface area (Å²) in [5, 5.41) is 1.10. The molecule has 0 bridgehead atoms. The Morgan fingerprint density at radius 2 is 2.25 bits per heavy atom. The molecule has 2 fully saturated rings. The van der Waals surface area contributed by atoms with Crippen LogP contribution in [0.5, 0.6) is 0 Å². The number of rotatable bonds is 3. The molecule has 2 heterocycles. The van der Waals surface area contributed by atoms with Crippen LogP contribution in [0.1, 0.15) is 37.9 Å². The quantitative estimate of drug-likeness (QED) is 0.869. The van der Waals surface area contributed by atoms with E-state index in [1.165, 1.54) is 19.3 Å². The molecule has 5 heteroatoms. The van der Waals surface area contributed by atoms with Crippen LogP contribution in [0.3, 0.4) is 0 Å². The second kappa shape index (κ2) is 3.96. The molecule has 3 rings (SSSR count). The number of anilines is 1. The van der Waals surface area contributed by atoms with Crippen molar-refractivity contribution in [1.82, 2.24) is 9.36 Å². The van der Waals surface area contributed by atoms with Crippen LogP contribution in [-0.2, 0) is 0 Å². The SMILES string of the molecule is CC(N)C1CCN(c2nc(C3CC3)ns2)C1. The first-order chi connectivity index (χ1) is 7.74. The van der Waals surface area contributed by atoms with E-state index in [4.69, 9.17) is 5.73 Å². The van der Waals surface area contributed by atoms with Gasteiger partial charge in [0.1, 0.15) is 5.82 Å². The number of hydrogen-bond acceptors (Lipinski definition) is 5. The lowest BCUT2D eigenvalue weighted by Gasteiger charge is -2.16. The third-order valence-electron chi connectivity index (χ3n) is 3.61. The summed E-state index contributed by atoms with van der Waals surface area (Å²) in [6.45, 7) is 4.24. The molecule has 0 radical (unpaired) electrons. The Morgan fingerprint density at radius 1 is 1.44 bits per heavy atom. The van der Waals surface area contributed by atoms with Crippen LogP contribution >= 0.6 is 11.5 Å². The molecule has 2 unspecified atom stereocenters. The van der Waals surface area contributed by atoms with E-state index < -0.39 is 0 Å². The highest BCUT2D eigenvalue weighted by Crippen LogP contribution is 2.40. The van der Waals surface area contributed by atoms with E-state index in [9.17, 15) is 0 Å². The van der Waals surface area contributed by atoms with Crippen molar-refractivity contribution >= 4 is 16.7 Å². The second-order valence-corrected chi connectivity index (χ2v) is 5.79. The fraction of sp³-hybridized carbons (Fsp3) is 0.818. The predicted molar refractivity (Wildman–Crippen MR) is 65.9 cm³/mol. The zero-order chi connectivity index (χ0) is 11.1. The summed E-state index contributed by atoms with van der Waals surface area (Å²) >= 11 is 1.55. The van der Waals surface area contributed by atoms with Crippen molar-refractivity contribution in [3.8, 4) is 0 Å². The van der Waals surface area contributed by atoms with Gasteiger partial charge in [0.05, 0.1) is 0 Å². The van der Waals surface area contributed by atoms with Gasteiger partial charge in [-0.15, -0.1) is 0 Å². The van der Waals surface area contributed by atoms with Gasteiger partial charge in [0.25, 0.3) is 0 Å². The highest BCUT2D eigenvalue weighted by molar-refractivity contribution is 7.09. The van der Waals surface area contributed by atoms with Gasteiger partial charge in [0.15, 0.2) is 0 Å². The minimum absolute atomic E-state index is 0.292. The van der Waals surface area contributed by atoms with Gasteiger partial charge >= 0.3 is 0 Å². The van der Waals surface area contributed by atoms with Gasteiger partial charge in [-0.25, -0.2) is 4.98 Å². The molecule has 1 aliphatic heterocycles. The van der Waals surface area contributed by atoms with E-state index in [0.717, 1.165) is 24.0 Å². The third kappa shape index (κ3) is 1.94. The normalized spacial score (nSPS) is 27.4. The molecule has 88 valence electrons. The van der Waals surface area contributed by atoms with Crippen molar-refractivity contribution in [2.45, 2.75) is 38.1 Å². The lowest BCUT2D eigenvalue weighted by molar-refractivity contribution is 0.488. The van der Waals surface area contributed by atoms with Crippen molar-refractivity contribution in [1.29, 1.82) is 0 Å². The highest BCUT2D eigenvalue weighted by atomic mass is 32.1. The van der Waals surface area contributed by atoms with Crippen LogP contribution in [0.4, 0.5) is 5.13 Å². The summed E-state index contributed by atoms with van der Waals surface area (Å²) in [4.78, 5) is 6.99. The first kappa shape index (κ1) is 10.5. The molecule has 1 aromatic heterocycles.